The number of amides is 5. The normalized spacial score (nSPS) is 13.8. The third kappa shape index (κ3) is 7.84. The summed E-state index contributed by atoms with van der Waals surface area (Å²) in [4.78, 5) is 52.3. The summed E-state index contributed by atoms with van der Waals surface area (Å²) in [6, 6.07) is 24.6. The zero-order valence-corrected chi connectivity index (χ0v) is 25.9. The van der Waals surface area contributed by atoms with Crippen molar-refractivity contribution < 1.29 is 33.4 Å². The molecule has 10 nitrogen and oxygen atoms in total. The van der Waals surface area contributed by atoms with Crippen LogP contribution in [0.25, 0.3) is 6.08 Å². The summed E-state index contributed by atoms with van der Waals surface area (Å²) >= 11 is 12.4. The van der Waals surface area contributed by atoms with Crippen LogP contribution in [0.1, 0.15) is 18.1 Å². The molecule has 0 spiro atoms. The van der Waals surface area contributed by atoms with Crippen LogP contribution in [0.3, 0.4) is 0 Å². The van der Waals surface area contributed by atoms with Crippen molar-refractivity contribution in [3.05, 3.63) is 118 Å². The number of nitrogens with zero attached hydrogens (tertiary/aromatic N) is 1. The highest BCUT2D eigenvalue weighted by atomic mass is 35.5. The second-order valence-corrected chi connectivity index (χ2v) is 10.7. The van der Waals surface area contributed by atoms with E-state index in [0.717, 1.165) is 10.5 Å². The standard InChI is InChI=1S/C34H27Cl2N3O7/c1-2-44-29-18-22(17-28(36)31(29)46-20-30(40)37-24-10-8-23(35)9-11-24)16-27-32(41)38-34(43)39(33(27)42)25-12-14-26(15-13-25)45-19-21-6-4-3-5-7-21/h3-18H,2,19-20H2,1H3,(H,37,40)(H,38,41,43)/b27-16+. The van der Waals surface area contributed by atoms with Gasteiger partial charge in [-0.05, 0) is 84.8 Å². The van der Waals surface area contributed by atoms with Crippen molar-refractivity contribution in [2.24, 2.45) is 0 Å². The molecule has 1 fully saturated rings. The third-order valence-electron chi connectivity index (χ3n) is 6.56. The highest BCUT2D eigenvalue weighted by Gasteiger charge is 2.37. The number of ether oxygens (including phenoxy) is 3. The van der Waals surface area contributed by atoms with Gasteiger partial charge >= 0.3 is 6.03 Å². The molecule has 1 aliphatic heterocycles. The molecule has 4 aromatic rings. The average molecular weight is 661 g/mol. The summed E-state index contributed by atoms with van der Waals surface area (Å²) in [6.07, 6.45) is 1.29. The number of halogens is 2. The van der Waals surface area contributed by atoms with E-state index >= 15 is 0 Å². The number of nitrogens with one attached hydrogen (secondary N) is 2. The van der Waals surface area contributed by atoms with Crippen molar-refractivity contribution in [3.63, 3.8) is 0 Å². The highest BCUT2D eigenvalue weighted by molar-refractivity contribution is 6.39. The molecule has 4 aromatic carbocycles. The van der Waals surface area contributed by atoms with Gasteiger partial charge in [0.2, 0.25) is 0 Å². The molecule has 0 aromatic heterocycles. The largest absolute Gasteiger partial charge is 0.490 e. The number of hydrogen-bond donors (Lipinski definition) is 2. The summed E-state index contributed by atoms with van der Waals surface area (Å²) in [5.74, 6) is -1.34. The van der Waals surface area contributed by atoms with Crippen molar-refractivity contribution in [1.82, 2.24) is 5.32 Å². The summed E-state index contributed by atoms with van der Waals surface area (Å²) in [7, 11) is 0. The third-order valence-corrected chi connectivity index (χ3v) is 7.10. The molecule has 5 amide bonds. The molecule has 2 N–H and O–H groups in total. The lowest BCUT2D eigenvalue weighted by Crippen LogP contribution is -2.54. The van der Waals surface area contributed by atoms with E-state index in [0.29, 0.717) is 28.6 Å². The molecule has 5 rings (SSSR count). The van der Waals surface area contributed by atoms with E-state index in [9.17, 15) is 19.2 Å². The number of hydrogen-bond acceptors (Lipinski definition) is 7. The fourth-order valence-corrected chi connectivity index (χ4v) is 4.83. The van der Waals surface area contributed by atoms with Crippen LogP contribution in [0.5, 0.6) is 17.2 Å². The molecule has 1 heterocycles. The Morgan fingerprint density at radius 3 is 2.30 bits per heavy atom. The number of barbiturate groups is 1. The van der Waals surface area contributed by atoms with Crippen LogP contribution in [0, 0.1) is 0 Å². The van der Waals surface area contributed by atoms with Gasteiger partial charge in [0.15, 0.2) is 18.1 Å². The maximum atomic E-state index is 13.5. The van der Waals surface area contributed by atoms with E-state index in [2.05, 4.69) is 10.6 Å². The molecular formula is C34H27Cl2N3O7. The molecule has 0 unspecified atom stereocenters. The average Bonchev–Trinajstić information content (AvgIpc) is 3.04. The van der Waals surface area contributed by atoms with Gasteiger partial charge in [-0.25, -0.2) is 9.69 Å². The van der Waals surface area contributed by atoms with Crippen LogP contribution >= 0.6 is 23.2 Å². The van der Waals surface area contributed by atoms with Crippen molar-refractivity contribution >= 4 is 64.4 Å². The number of benzene rings is 4. The second-order valence-electron chi connectivity index (χ2n) is 9.83. The van der Waals surface area contributed by atoms with Crippen molar-refractivity contribution in [3.8, 4) is 17.2 Å². The van der Waals surface area contributed by atoms with Gasteiger partial charge in [0.25, 0.3) is 17.7 Å². The van der Waals surface area contributed by atoms with E-state index in [-0.39, 0.29) is 41.0 Å². The first-order chi connectivity index (χ1) is 22.2. The number of carbonyl (C=O) groups excluding carboxylic acids is 4. The maximum Gasteiger partial charge on any atom is 0.335 e. The zero-order valence-electron chi connectivity index (χ0n) is 24.4. The van der Waals surface area contributed by atoms with Crippen LogP contribution in [0.15, 0.2) is 96.6 Å². The molecule has 1 aliphatic rings. The fraction of sp³-hybridized carbons (Fsp3) is 0.118. The Morgan fingerprint density at radius 1 is 0.891 bits per heavy atom. The second kappa shape index (κ2) is 14.6. The van der Waals surface area contributed by atoms with Gasteiger partial charge in [-0.1, -0.05) is 53.5 Å². The predicted molar refractivity (Wildman–Crippen MR) is 174 cm³/mol. The Kier molecular flexibility index (Phi) is 10.2. The van der Waals surface area contributed by atoms with Crippen LogP contribution < -0.4 is 29.7 Å². The zero-order chi connectivity index (χ0) is 32.6. The highest BCUT2D eigenvalue weighted by Crippen LogP contribution is 2.38. The molecule has 0 radical (unpaired) electrons. The first-order valence-corrected chi connectivity index (χ1v) is 14.8. The van der Waals surface area contributed by atoms with Gasteiger partial charge in [0, 0.05) is 10.7 Å². The lowest BCUT2D eigenvalue weighted by Gasteiger charge is -2.26. The topological polar surface area (TPSA) is 123 Å². The number of rotatable bonds is 11. The minimum Gasteiger partial charge on any atom is -0.490 e. The smallest absolute Gasteiger partial charge is 0.335 e. The summed E-state index contributed by atoms with van der Waals surface area (Å²) in [6.45, 7) is 1.94. The van der Waals surface area contributed by atoms with Gasteiger partial charge in [-0.15, -0.1) is 0 Å². The molecule has 0 atom stereocenters. The number of imide groups is 2. The fourth-order valence-electron chi connectivity index (χ4n) is 4.43. The van der Waals surface area contributed by atoms with Crippen molar-refractivity contribution in [2.75, 3.05) is 23.4 Å². The van der Waals surface area contributed by atoms with Gasteiger partial charge in [0.1, 0.15) is 17.9 Å². The Bertz CT molecular complexity index is 1790. The van der Waals surface area contributed by atoms with Gasteiger partial charge < -0.3 is 19.5 Å². The van der Waals surface area contributed by atoms with Crippen LogP contribution in [0.4, 0.5) is 16.2 Å². The lowest BCUT2D eigenvalue weighted by atomic mass is 10.1. The maximum absolute atomic E-state index is 13.5. The summed E-state index contributed by atoms with van der Waals surface area (Å²) < 4.78 is 17.2. The Labute approximate surface area is 274 Å². The summed E-state index contributed by atoms with van der Waals surface area (Å²) in [5, 5.41) is 5.48. The lowest BCUT2D eigenvalue weighted by molar-refractivity contribution is -0.122. The van der Waals surface area contributed by atoms with Gasteiger partial charge in [-0.3, -0.25) is 19.7 Å². The molecular weight excluding hydrogens is 633 g/mol. The number of carbonyl (C=O) groups is 4. The van der Waals surface area contributed by atoms with Crippen molar-refractivity contribution in [2.45, 2.75) is 13.5 Å². The first kappa shape index (κ1) is 32.1. The first-order valence-electron chi connectivity index (χ1n) is 14.0. The van der Waals surface area contributed by atoms with Crippen molar-refractivity contribution in [1.29, 1.82) is 0 Å². The monoisotopic (exact) mass is 659 g/mol. The molecule has 0 bridgehead atoms. The molecule has 1 saturated heterocycles. The van der Waals surface area contributed by atoms with Crippen LogP contribution in [-0.4, -0.2) is 37.0 Å². The SMILES string of the molecule is CCOc1cc(/C=C2\C(=O)NC(=O)N(c3ccc(OCc4ccccc4)cc3)C2=O)cc(Cl)c1OCC(=O)Nc1ccc(Cl)cc1. The number of anilines is 2. The Balaban J connectivity index is 1.32. The Morgan fingerprint density at radius 2 is 1.61 bits per heavy atom. The van der Waals surface area contributed by atoms with Crippen LogP contribution in [0.2, 0.25) is 10.0 Å². The predicted octanol–water partition coefficient (Wildman–Crippen LogP) is 6.66. The van der Waals surface area contributed by atoms with Gasteiger partial charge in [-0.2, -0.15) is 0 Å². The van der Waals surface area contributed by atoms with E-state index in [1.165, 1.54) is 18.2 Å². The molecule has 46 heavy (non-hydrogen) atoms. The molecule has 0 aliphatic carbocycles. The van der Waals surface area contributed by atoms with E-state index < -0.39 is 23.8 Å². The van der Waals surface area contributed by atoms with E-state index in [4.69, 9.17) is 37.4 Å². The minimum atomic E-state index is -0.890. The number of urea groups is 1. The van der Waals surface area contributed by atoms with E-state index in [1.807, 2.05) is 30.3 Å². The minimum absolute atomic E-state index is 0.0692. The Hall–Kier alpha value is -5.32. The molecule has 0 saturated carbocycles. The summed E-state index contributed by atoms with van der Waals surface area (Å²) in [5.41, 5.74) is 1.77. The van der Waals surface area contributed by atoms with Gasteiger partial charge in [0.05, 0.1) is 17.3 Å². The van der Waals surface area contributed by atoms with Crippen LogP contribution in [-0.2, 0) is 21.0 Å². The quantitative estimate of drug-likeness (QED) is 0.136. The molecule has 234 valence electrons. The molecule has 12 heteroatoms. The van der Waals surface area contributed by atoms with E-state index in [1.54, 1.807) is 55.5 Å².